The van der Waals surface area contributed by atoms with Crippen molar-refractivity contribution in [1.29, 1.82) is 0 Å². The van der Waals surface area contributed by atoms with Crippen LogP contribution in [0, 0.1) is 6.92 Å². The van der Waals surface area contributed by atoms with E-state index in [1.54, 1.807) is 0 Å². The summed E-state index contributed by atoms with van der Waals surface area (Å²) in [6.07, 6.45) is 0. The van der Waals surface area contributed by atoms with Crippen LogP contribution in [0.1, 0.15) is 36.7 Å². The number of hydrogen-bond acceptors (Lipinski definition) is 4. The van der Waals surface area contributed by atoms with Gasteiger partial charge in [-0.15, -0.1) is 0 Å². The van der Waals surface area contributed by atoms with Crippen LogP contribution in [0.2, 0.25) is 0 Å². The number of benzene rings is 1. The molecule has 0 fully saturated rings. The predicted molar refractivity (Wildman–Crippen MR) is 75.3 cm³/mol. The van der Waals surface area contributed by atoms with E-state index in [1.807, 2.05) is 37.3 Å². The van der Waals surface area contributed by atoms with E-state index < -0.39 is 0 Å². The van der Waals surface area contributed by atoms with E-state index in [4.69, 9.17) is 10.5 Å². The average molecular weight is 257 g/mol. The summed E-state index contributed by atoms with van der Waals surface area (Å²) in [6, 6.07) is 10.0. The summed E-state index contributed by atoms with van der Waals surface area (Å²) in [5, 5.41) is 0. The Morgan fingerprint density at radius 1 is 1.21 bits per heavy atom. The molecule has 0 spiro atoms. The third-order valence-corrected chi connectivity index (χ3v) is 2.84. The number of ether oxygens (including phenoxy) is 1. The summed E-state index contributed by atoms with van der Waals surface area (Å²) < 4.78 is 5.77. The molecule has 0 saturated carbocycles. The van der Waals surface area contributed by atoms with Gasteiger partial charge >= 0.3 is 6.01 Å². The maximum absolute atomic E-state index is 5.77. The SMILES string of the molecule is Cc1cc(C(C)C)nc(Oc2ccccc2CN)n1. The average Bonchev–Trinajstić information content (AvgIpc) is 2.38. The largest absolute Gasteiger partial charge is 0.424 e. The van der Waals surface area contributed by atoms with E-state index in [9.17, 15) is 0 Å². The lowest BCUT2D eigenvalue weighted by molar-refractivity contribution is 0.431. The molecule has 2 rings (SSSR count). The molecule has 0 aliphatic heterocycles. The van der Waals surface area contributed by atoms with Gasteiger partial charge in [0, 0.05) is 17.8 Å². The second-order valence-electron chi connectivity index (χ2n) is 4.79. The summed E-state index contributed by atoms with van der Waals surface area (Å²) in [4.78, 5) is 8.74. The van der Waals surface area contributed by atoms with Crippen LogP contribution in [0.15, 0.2) is 30.3 Å². The smallest absolute Gasteiger partial charge is 0.322 e. The van der Waals surface area contributed by atoms with Crippen LogP contribution in [0.3, 0.4) is 0 Å². The third kappa shape index (κ3) is 3.29. The molecule has 19 heavy (non-hydrogen) atoms. The van der Waals surface area contributed by atoms with Gasteiger partial charge in [-0.25, -0.2) is 4.98 Å². The quantitative estimate of drug-likeness (QED) is 0.914. The van der Waals surface area contributed by atoms with Gasteiger partial charge in [0.2, 0.25) is 0 Å². The van der Waals surface area contributed by atoms with Crippen LogP contribution in [0.25, 0.3) is 0 Å². The molecule has 2 aromatic rings. The Balaban J connectivity index is 2.32. The Morgan fingerprint density at radius 3 is 2.63 bits per heavy atom. The van der Waals surface area contributed by atoms with E-state index in [1.165, 1.54) is 0 Å². The Kier molecular flexibility index (Phi) is 4.12. The lowest BCUT2D eigenvalue weighted by Gasteiger charge is -2.11. The predicted octanol–water partition coefficient (Wildman–Crippen LogP) is 3.16. The van der Waals surface area contributed by atoms with Gasteiger partial charge < -0.3 is 10.5 Å². The van der Waals surface area contributed by atoms with Crippen molar-refractivity contribution in [2.75, 3.05) is 0 Å². The van der Waals surface area contributed by atoms with Crippen LogP contribution in [-0.2, 0) is 6.54 Å². The third-order valence-electron chi connectivity index (χ3n) is 2.84. The minimum atomic E-state index is 0.341. The summed E-state index contributed by atoms with van der Waals surface area (Å²) in [5.74, 6) is 1.05. The molecule has 2 N–H and O–H groups in total. The highest BCUT2D eigenvalue weighted by Crippen LogP contribution is 2.24. The van der Waals surface area contributed by atoms with Gasteiger partial charge in [-0.05, 0) is 25.0 Å². The molecule has 1 heterocycles. The van der Waals surface area contributed by atoms with Gasteiger partial charge in [-0.3, -0.25) is 0 Å². The van der Waals surface area contributed by atoms with Gasteiger partial charge in [-0.2, -0.15) is 4.98 Å². The first kappa shape index (κ1) is 13.5. The van der Waals surface area contributed by atoms with Crippen molar-refractivity contribution in [2.24, 2.45) is 5.73 Å². The van der Waals surface area contributed by atoms with E-state index >= 15 is 0 Å². The molecular weight excluding hydrogens is 238 g/mol. The van der Waals surface area contributed by atoms with Crippen LogP contribution in [0.5, 0.6) is 11.8 Å². The molecule has 0 unspecified atom stereocenters. The maximum Gasteiger partial charge on any atom is 0.322 e. The lowest BCUT2D eigenvalue weighted by Crippen LogP contribution is -2.03. The number of aromatic nitrogens is 2. The zero-order valence-electron chi connectivity index (χ0n) is 11.6. The van der Waals surface area contributed by atoms with Crippen molar-refractivity contribution in [3.8, 4) is 11.8 Å². The molecule has 100 valence electrons. The molecule has 0 radical (unpaired) electrons. The summed E-state index contributed by atoms with van der Waals surface area (Å²) in [5.41, 5.74) is 8.52. The topological polar surface area (TPSA) is 61.0 Å². The summed E-state index contributed by atoms with van der Waals surface area (Å²) >= 11 is 0. The molecule has 4 heteroatoms. The van der Waals surface area contributed by atoms with Crippen molar-refractivity contribution in [2.45, 2.75) is 33.2 Å². The van der Waals surface area contributed by atoms with Crippen LogP contribution >= 0.6 is 0 Å². The molecule has 0 saturated heterocycles. The van der Waals surface area contributed by atoms with Gasteiger partial charge in [0.1, 0.15) is 5.75 Å². The molecule has 0 amide bonds. The molecule has 0 aliphatic rings. The first-order chi connectivity index (χ1) is 9.10. The minimum absolute atomic E-state index is 0.341. The fraction of sp³-hybridized carbons (Fsp3) is 0.333. The monoisotopic (exact) mass is 257 g/mol. The number of rotatable bonds is 4. The molecule has 0 atom stereocenters. The van der Waals surface area contributed by atoms with Gasteiger partial charge in [0.25, 0.3) is 0 Å². The Hall–Kier alpha value is -1.94. The minimum Gasteiger partial charge on any atom is -0.424 e. The number of aryl methyl sites for hydroxylation is 1. The molecular formula is C15H19N3O. The molecule has 4 nitrogen and oxygen atoms in total. The molecule has 0 bridgehead atoms. The van der Waals surface area contributed by atoms with E-state index in [0.717, 1.165) is 17.0 Å². The molecule has 1 aromatic heterocycles. The van der Waals surface area contributed by atoms with Gasteiger partial charge in [0.05, 0.1) is 5.69 Å². The number of nitrogens with two attached hydrogens (primary N) is 1. The maximum atomic E-state index is 5.77. The zero-order valence-corrected chi connectivity index (χ0v) is 11.6. The van der Waals surface area contributed by atoms with Crippen molar-refractivity contribution in [3.63, 3.8) is 0 Å². The summed E-state index contributed by atoms with van der Waals surface area (Å²) in [6.45, 7) is 6.56. The first-order valence-corrected chi connectivity index (χ1v) is 6.41. The van der Waals surface area contributed by atoms with E-state index in [2.05, 4.69) is 23.8 Å². The Bertz CT molecular complexity index is 567. The van der Waals surface area contributed by atoms with Gasteiger partial charge in [0.15, 0.2) is 0 Å². The highest BCUT2D eigenvalue weighted by Gasteiger charge is 2.09. The van der Waals surface area contributed by atoms with Crippen molar-refractivity contribution in [3.05, 3.63) is 47.3 Å². The Labute approximate surface area is 113 Å². The second-order valence-corrected chi connectivity index (χ2v) is 4.79. The van der Waals surface area contributed by atoms with Gasteiger partial charge in [-0.1, -0.05) is 32.0 Å². The highest BCUT2D eigenvalue weighted by molar-refractivity contribution is 5.35. The van der Waals surface area contributed by atoms with Crippen molar-refractivity contribution >= 4 is 0 Å². The fourth-order valence-corrected chi connectivity index (χ4v) is 1.78. The molecule has 1 aromatic carbocycles. The normalized spacial score (nSPS) is 10.8. The van der Waals surface area contributed by atoms with E-state index in [-0.39, 0.29) is 0 Å². The fourth-order valence-electron chi connectivity index (χ4n) is 1.78. The highest BCUT2D eigenvalue weighted by atomic mass is 16.5. The van der Waals surface area contributed by atoms with Crippen molar-refractivity contribution in [1.82, 2.24) is 9.97 Å². The lowest BCUT2D eigenvalue weighted by atomic mass is 10.1. The van der Waals surface area contributed by atoms with Crippen molar-refractivity contribution < 1.29 is 4.74 Å². The number of hydrogen-bond donors (Lipinski definition) is 1. The first-order valence-electron chi connectivity index (χ1n) is 6.41. The van der Waals surface area contributed by atoms with Crippen LogP contribution < -0.4 is 10.5 Å². The Morgan fingerprint density at radius 2 is 1.95 bits per heavy atom. The van der Waals surface area contributed by atoms with E-state index in [0.29, 0.717) is 24.2 Å². The van der Waals surface area contributed by atoms with Crippen LogP contribution in [-0.4, -0.2) is 9.97 Å². The standard InChI is InChI=1S/C15H19N3O/c1-10(2)13-8-11(3)17-15(18-13)19-14-7-5-4-6-12(14)9-16/h4-8,10H,9,16H2,1-3H3. The zero-order chi connectivity index (χ0) is 13.8. The number of para-hydroxylation sites is 1. The second kappa shape index (κ2) is 5.80. The van der Waals surface area contributed by atoms with Crippen LogP contribution in [0.4, 0.5) is 0 Å². The summed E-state index contributed by atoms with van der Waals surface area (Å²) in [7, 11) is 0. The molecule has 0 aliphatic carbocycles. The number of nitrogens with zero attached hydrogens (tertiary/aromatic N) is 2.